The number of aromatic nitrogens is 2. The van der Waals surface area contributed by atoms with Crippen LogP contribution in [0.2, 0.25) is 0 Å². The maximum Gasteiger partial charge on any atom is 0.136 e. The highest BCUT2D eigenvalue weighted by atomic mass is 19.1. The summed E-state index contributed by atoms with van der Waals surface area (Å²) in [6.07, 6.45) is 0. The number of benzene rings is 2. The normalized spacial score (nSPS) is 10.5. The summed E-state index contributed by atoms with van der Waals surface area (Å²) < 4.78 is 13.0. The molecule has 0 bridgehead atoms. The summed E-state index contributed by atoms with van der Waals surface area (Å²) >= 11 is 0. The molecule has 3 rings (SSSR count). The minimum absolute atomic E-state index is 0.264. The van der Waals surface area contributed by atoms with Gasteiger partial charge in [0.05, 0.1) is 0 Å². The average molecular weight is 322 g/mol. The Labute approximate surface area is 140 Å². The van der Waals surface area contributed by atoms with Gasteiger partial charge in [-0.3, -0.25) is 0 Å². The fraction of sp³-hybridized carbons (Fsp3) is 0.158. The van der Waals surface area contributed by atoms with Gasteiger partial charge < -0.3 is 10.6 Å². The predicted molar refractivity (Wildman–Crippen MR) is 95.0 cm³/mol. The Kier molecular flexibility index (Phi) is 4.70. The van der Waals surface area contributed by atoms with Crippen molar-refractivity contribution < 1.29 is 4.39 Å². The molecule has 2 N–H and O–H groups in total. The molecule has 122 valence electrons. The highest BCUT2D eigenvalue weighted by molar-refractivity contribution is 5.59. The Hall–Kier alpha value is -2.95. The van der Waals surface area contributed by atoms with Gasteiger partial charge in [0, 0.05) is 18.3 Å². The molecule has 0 fully saturated rings. The lowest BCUT2D eigenvalue weighted by Crippen LogP contribution is -2.06. The van der Waals surface area contributed by atoms with Gasteiger partial charge in [0.2, 0.25) is 0 Å². The minimum atomic E-state index is -0.264. The summed E-state index contributed by atoms with van der Waals surface area (Å²) in [5.41, 5.74) is 3.24. The van der Waals surface area contributed by atoms with E-state index in [1.165, 1.54) is 23.3 Å². The fourth-order valence-corrected chi connectivity index (χ4v) is 2.40. The number of nitrogens with zero attached hydrogens (tertiary/aromatic N) is 2. The Morgan fingerprint density at radius 1 is 0.917 bits per heavy atom. The number of anilines is 3. The van der Waals surface area contributed by atoms with Crippen LogP contribution in [-0.2, 0) is 6.54 Å². The van der Waals surface area contributed by atoms with Crippen LogP contribution in [0.1, 0.15) is 17.0 Å². The smallest absolute Gasteiger partial charge is 0.136 e. The van der Waals surface area contributed by atoms with E-state index in [2.05, 4.69) is 39.7 Å². The van der Waals surface area contributed by atoms with E-state index in [0.29, 0.717) is 18.2 Å². The Morgan fingerprint density at radius 3 is 2.38 bits per heavy atom. The van der Waals surface area contributed by atoms with Gasteiger partial charge >= 0.3 is 0 Å². The number of hydrogen-bond donors (Lipinski definition) is 2. The summed E-state index contributed by atoms with van der Waals surface area (Å²) in [4.78, 5) is 8.78. The quantitative estimate of drug-likeness (QED) is 0.721. The molecule has 1 aromatic heterocycles. The molecule has 0 amide bonds. The molecule has 0 unspecified atom stereocenters. The first-order valence-electron chi connectivity index (χ1n) is 7.77. The minimum Gasteiger partial charge on any atom is -0.366 e. The second kappa shape index (κ2) is 7.08. The number of aryl methyl sites for hydroxylation is 2. The van der Waals surface area contributed by atoms with Crippen LogP contribution >= 0.6 is 0 Å². The van der Waals surface area contributed by atoms with Crippen LogP contribution < -0.4 is 10.6 Å². The van der Waals surface area contributed by atoms with Crippen molar-refractivity contribution in [3.05, 3.63) is 77.4 Å². The van der Waals surface area contributed by atoms with E-state index in [0.717, 1.165) is 11.5 Å². The van der Waals surface area contributed by atoms with Crippen molar-refractivity contribution in [1.82, 2.24) is 9.97 Å². The lowest BCUT2D eigenvalue weighted by molar-refractivity contribution is 0.628. The third-order valence-corrected chi connectivity index (χ3v) is 3.68. The van der Waals surface area contributed by atoms with Gasteiger partial charge in [-0.1, -0.05) is 24.3 Å². The topological polar surface area (TPSA) is 49.8 Å². The monoisotopic (exact) mass is 322 g/mol. The van der Waals surface area contributed by atoms with Crippen molar-refractivity contribution in [1.29, 1.82) is 0 Å². The van der Waals surface area contributed by atoms with Crippen molar-refractivity contribution in [3.63, 3.8) is 0 Å². The predicted octanol–water partition coefficient (Wildman–Crippen LogP) is 4.59. The molecular formula is C19H19FN4. The summed E-state index contributed by atoms with van der Waals surface area (Å²) in [5, 5.41) is 6.49. The van der Waals surface area contributed by atoms with Crippen LogP contribution in [0, 0.1) is 19.7 Å². The molecular weight excluding hydrogens is 303 g/mol. The summed E-state index contributed by atoms with van der Waals surface area (Å²) in [5.74, 6) is 1.81. The highest BCUT2D eigenvalue weighted by Crippen LogP contribution is 2.18. The van der Waals surface area contributed by atoms with Crippen molar-refractivity contribution in [2.75, 3.05) is 10.6 Å². The molecule has 0 radical (unpaired) electrons. The second-order valence-electron chi connectivity index (χ2n) is 5.60. The summed E-state index contributed by atoms with van der Waals surface area (Å²) in [6, 6.07) is 16.2. The van der Waals surface area contributed by atoms with Crippen molar-refractivity contribution >= 4 is 17.3 Å². The van der Waals surface area contributed by atoms with Gasteiger partial charge in [0.25, 0.3) is 0 Å². The molecule has 2 aromatic carbocycles. The number of rotatable bonds is 5. The molecule has 0 aliphatic rings. The molecule has 0 aliphatic carbocycles. The van der Waals surface area contributed by atoms with Crippen LogP contribution in [0.15, 0.2) is 54.6 Å². The third kappa shape index (κ3) is 4.07. The van der Waals surface area contributed by atoms with Gasteiger partial charge in [-0.15, -0.1) is 0 Å². The highest BCUT2D eigenvalue weighted by Gasteiger charge is 2.04. The van der Waals surface area contributed by atoms with Gasteiger partial charge in [-0.05, 0) is 49.2 Å². The van der Waals surface area contributed by atoms with E-state index >= 15 is 0 Å². The third-order valence-electron chi connectivity index (χ3n) is 3.68. The Balaban J connectivity index is 1.74. The van der Waals surface area contributed by atoms with Crippen molar-refractivity contribution in [2.45, 2.75) is 20.4 Å². The molecule has 0 aliphatic heterocycles. The molecule has 0 saturated heterocycles. The standard InChI is InChI=1S/C19H19FN4/c1-13-5-3-4-6-15(13)12-21-18-11-19(23-14(2)22-18)24-17-9-7-16(20)8-10-17/h3-11H,12H2,1-2H3,(H2,21,22,23,24). The van der Waals surface area contributed by atoms with Crippen molar-refractivity contribution in [3.8, 4) is 0 Å². The van der Waals surface area contributed by atoms with Gasteiger partial charge in [0.15, 0.2) is 0 Å². The first-order valence-corrected chi connectivity index (χ1v) is 7.77. The second-order valence-corrected chi connectivity index (χ2v) is 5.60. The van der Waals surface area contributed by atoms with Gasteiger partial charge in [-0.25, -0.2) is 14.4 Å². The molecule has 4 nitrogen and oxygen atoms in total. The largest absolute Gasteiger partial charge is 0.366 e. The molecule has 24 heavy (non-hydrogen) atoms. The van der Waals surface area contributed by atoms with Crippen LogP contribution in [0.25, 0.3) is 0 Å². The van der Waals surface area contributed by atoms with E-state index in [1.807, 2.05) is 25.1 Å². The molecule has 0 saturated carbocycles. The SMILES string of the molecule is Cc1nc(NCc2ccccc2C)cc(Nc2ccc(F)cc2)n1. The number of halogens is 1. The number of nitrogens with one attached hydrogen (secondary N) is 2. The van der Waals surface area contributed by atoms with Crippen LogP contribution in [-0.4, -0.2) is 9.97 Å². The van der Waals surface area contributed by atoms with E-state index in [-0.39, 0.29) is 5.82 Å². The number of hydrogen-bond acceptors (Lipinski definition) is 4. The molecule has 0 atom stereocenters. The van der Waals surface area contributed by atoms with Crippen LogP contribution in [0.4, 0.5) is 21.7 Å². The molecule has 3 aromatic rings. The summed E-state index contributed by atoms with van der Waals surface area (Å²) in [6.45, 7) is 4.62. The first kappa shape index (κ1) is 15.9. The van der Waals surface area contributed by atoms with E-state index in [4.69, 9.17) is 0 Å². The maximum absolute atomic E-state index is 13.0. The first-order chi connectivity index (χ1) is 11.6. The Bertz CT molecular complexity index is 831. The van der Waals surface area contributed by atoms with E-state index in [1.54, 1.807) is 12.1 Å². The average Bonchev–Trinajstić information content (AvgIpc) is 2.56. The Morgan fingerprint density at radius 2 is 1.62 bits per heavy atom. The zero-order valence-corrected chi connectivity index (χ0v) is 13.7. The van der Waals surface area contributed by atoms with Crippen LogP contribution in [0.5, 0.6) is 0 Å². The zero-order chi connectivity index (χ0) is 16.9. The van der Waals surface area contributed by atoms with Crippen molar-refractivity contribution in [2.24, 2.45) is 0 Å². The van der Waals surface area contributed by atoms with Crippen LogP contribution in [0.3, 0.4) is 0 Å². The lowest BCUT2D eigenvalue weighted by Gasteiger charge is -2.11. The van der Waals surface area contributed by atoms with E-state index in [9.17, 15) is 4.39 Å². The van der Waals surface area contributed by atoms with Gasteiger partial charge in [0.1, 0.15) is 23.3 Å². The lowest BCUT2D eigenvalue weighted by atomic mass is 10.1. The van der Waals surface area contributed by atoms with E-state index < -0.39 is 0 Å². The zero-order valence-electron chi connectivity index (χ0n) is 13.7. The molecule has 1 heterocycles. The fourth-order valence-electron chi connectivity index (χ4n) is 2.40. The summed E-state index contributed by atoms with van der Waals surface area (Å²) in [7, 11) is 0. The van der Waals surface area contributed by atoms with Gasteiger partial charge in [-0.2, -0.15) is 0 Å². The maximum atomic E-state index is 13.0. The molecule has 5 heteroatoms. The molecule has 0 spiro atoms.